The number of hydrogen-bond donors (Lipinski definition) is 2. The Kier molecular flexibility index (Phi) is 6.61. The second-order valence-corrected chi connectivity index (χ2v) is 12.2. The fourth-order valence-corrected chi connectivity index (χ4v) is 4.89. The van der Waals surface area contributed by atoms with Crippen molar-refractivity contribution in [2.24, 2.45) is 0 Å². The lowest BCUT2D eigenvalue weighted by Gasteiger charge is -2.25. The van der Waals surface area contributed by atoms with Crippen molar-refractivity contribution in [3.63, 3.8) is 0 Å². The van der Waals surface area contributed by atoms with E-state index in [0.29, 0.717) is 11.4 Å². The van der Waals surface area contributed by atoms with Gasteiger partial charge in [0, 0.05) is 22.5 Å². The smallest absolute Gasteiger partial charge is 0.197 e. The van der Waals surface area contributed by atoms with Crippen molar-refractivity contribution in [2.75, 3.05) is 10.6 Å². The van der Waals surface area contributed by atoms with Crippen LogP contribution in [0.5, 0.6) is 0 Å². The van der Waals surface area contributed by atoms with Crippen molar-refractivity contribution >= 4 is 34.3 Å². The third-order valence-electron chi connectivity index (χ3n) is 7.29. The van der Waals surface area contributed by atoms with Crippen LogP contribution >= 0.6 is 0 Å². The first-order valence-corrected chi connectivity index (χ1v) is 13.3. The van der Waals surface area contributed by atoms with E-state index in [1.165, 1.54) is 12.1 Å². The van der Waals surface area contributed by atoms with E-state index >= 15 is 8.78 Å². The maximum Gasteiger partial charge on any atom is 0.197 e. The fraction of sp³-hybridized carbons (Fsp3) is 0.235. The molecule has 0 amide bonds. The molecule has 0 aromatic heterocycles. The fourth-order valence-electron chi connectivity index (χ4n) is 4.89. The molecule has 0 fully saturated rings. The summed E-state index contributed by atoms with van der Waals surface area (Å²) >= 11 is 0. The van der Waals surface area contributed by atoms with Gasteiger partial charge in [-0.25, -0.2) is 8.78 Å². The number of benzene rings is 4. The zero-order chi connectivity index (χ0) is 29.0. The molecule has 0 saturated heterocycles. The van der Waals surface area contributed by atoms with Crippen LogP contribution in [0.3, 0.4) is 0 Å². The van der Waals surface area contributed by atoms with Gasteiger partial charge in [0.1, 0.15) is 11.4 Å². The van der Waals surface area contributed by atoms with Crippen LogP contribution in [0, 0.1) is 11.6 Å². The average Bonchev–Trinajstić information content (AvgIpc) is 2.90. The zero-order valence-electron chi connectivity index (χ0n) is 23.5. The lowest BCUT2D eigenvalue weighted by Crippen LogP contribution is -2.25. The topological polar surface area (TPSA) is 58.2 Å². The Bertz CT molecular complexity index is 1520. The van der Waals surface area contributed by atoms with Gasteiger partial charge in [0.2, 0.25) is 0 Å². The molecule has 0 unspecified atom stereocenters. The van der Waals surface area contributed by atoms with E-state index in [1.54, 1.807) is 36.4 Å². The molecule has 2 N–H and O–H groups in total. The lowest BCUT2D eigenvalue weighted by molar-refractivity contribution is 0.0972. The molecule has 6 heteroatoms. The summed E-state index contributed by atoms with van der Waals surface area (Å²) in [6, 6.07) is 20.9. The number of carbonyl (C=O) groups excluding carboxylic acids is 2. The van der Waals surface area contributed by atoms with E-state index < -0.39 is 34.3 Å². The van der Waals surface area contributed by atoms with Crippen LogP contribution in [-0.4, -0.2) is 11.6 Å². The van der Waals surface area contributed by atoms with Crippen LogP contribution in [0.4, 0.5) is 31.5 Å². The van der Waals surface area contributed by atoms with Gasteiger partial charge in [-0.05, 0) is 46.2 Å². The Balaban J connectivity index is 1.67. The van der Waals surface area contributed by atoms with Crippen LogP contribution in [0.2, 0.25) is 0 Å². The van der Waals surface area contributed by atoms with E-state index in [2.05, 4.69) is 52.2 Å². The molecule has 4 aromatic rings. The van der Waals surface area contributed by atoms with Crippen LogP contribution in [-0.2, 0) is 10.8 Å². The normalized spacial score (nSPS) is 13.1. The van der Waals surface area contributed by atoms with Crippen molar-refractivity contribution < 1.29 is 18.4 Å². The summed E-state index contributed by atoms with van der Waals surface area (Å²) in [5.74, 6) is -3.43. The summed E-state index contributed by atoms with van der Waals surface area (Å²) in [6.07, 6.45) is 0. The summed E-state index contributed by atoms with van der Waals surface area (Å²) in [4.78, 5) is 26.8. The average molecular weight is 539 g/mol. The van der Waals surface area contributed by atoms with E-state index in [0.717, 1.165) is 11.1 Å². The van der Waals surface area contributed by atoms with Gasteiger partial charge in [0.05, 0.1) is 11.1 Å². The zero-order valence-corrected chi connectivity index (χ0v) is 23.5. The van der Waals surface area contributed by atoms with Gasteiger partial charge in [-0.1, -0.05) is 90.1 Å². The Morgan fingerprint density at radius 1 is 0.525 bits per heavy atom. The Labute approximate surface area is 233 Å². The maximum absolute atomic E-state index is 16.3. The quantitative estimate of drug-likeness (QED) is 0.240. The highest BCUT2D eigenvalue weighted by Gasteiger charge is 2.38. The summed E-state index contributed by atoms with van der Waals surface area (Å²) in [7, 11) is 0. The lowest BCUT2D eigenvalue weighted by atomic mass is 9.82. The molecular formula is C34H32F2N2O2. The van der Waals surface area contributed by atoms with Crippen molar-refractivity contribution in [1.82, 2.24) is 0 Å². The first kappa shape index (κ1) is 27.3. The molecular weight excluding hydrogens is 506 g/mol. The molecule has 0 radical (unpaired) electrons. The van der Waals surface area contributed by atoms with Crippen LogP contribution in [0.15, 0.2) is 72.8 Å². The number of hydrogen-bond acceptors (Lipinski definition) is 4. The van der Waals surface area contributed by atoms with Crippen molar-refractivity contribution in [2.45, 2.75) is 52.4 Å². The summed E-state index contributed by atoms with van der Waals surface area (Å²) < 4.78 is 32.7. The first-order chi connectivity index (χ1) is 18.8. The highest BCUT2D eigenvalue weighted by molar-refractivity contribution is 6.29. The highest BCUT2D eigenvalue weighted by Crippen LogP contribution is 2.42. The van der Waals surface area contributed by atoms with Crippen LogP contribution in [0.25, 0.3) is 0 Å². The van der Waals surface area contributed by atoms with Crippen molar-refractivity contribution in [3.05, 3.63) is 118 Å². The van der Waals surface area contributed by atoms with Crippen molar-refractivity contribution in [3.8, 4) is 0 Å². The number of fused-ring (bicyclic) bond motifs is 2. The minimum atomic E-state index is -0.988. The van der Waals surface area contributed by atoms with Gasteiger partial charge in [0.15, 0.2) is 23.2 Å². The van der Waals surface area contributed by atoms with Crippen molar-refractivity contribution in [1.29, 1.82) is 0 Å². The number of ketones is 2. The molecule has 1 aliphatic carbocycles. The van der Waals surface area contributed by atoms with E-state index in [1.807, 2.05) is 24.3 Å². The molecule has 0 spiro atoms. The number of rotatable bonds is 4. The third-order valence-corrected chi connectivity index (χ3v) is 7.29. The Morgan fingerprint density at radius 3 is 1.15 bits per heavy atom. The summed E-state index contributed by atoms with van der Waals surface area (Å²) in [6.45, 7) is 12.5. The molecule has 4 nitrogen and oxygen atoms in total. The maximum atomic E-state index is 16.3. The van der Waals surface area contributed by atoms with Gasteiger partial charge in [-0.3, -0.25) is 9.59 Å². The van der Waals surface area contributed by atoms with E-state index in [-0.39, 0.29) is 33.3 Å². The largest absolute Gasteiger partial charge is 0.351 e. The third kappa shape index (κ3) is 4.79. The Morgan fingerprint density at radius 2 is 0.850 bits per heavy atom. The van der Waals surface area contributed by atoms with Crippen LogP contribution in [0.1, 0.15) is 84.5 Å². The molecule has 5 rings (SSSR count). The highest BCUT2D eigenvalue weighted by atomic mass is 19.1. The molecule has 4 aromatic carbocycles. The predicted molar refractivity (Wildman–Crippen MR) is 157 cm³/mol. The molecule has 0 aliphatic heterocycles. The van der Waals surface area contributed by atoms with E-state index in [9.17, 15) is 9.59 Å². The predicted octanol–water partition coefficient (Wildman–Crippen LogP) is 8.82. The van der Waals surface area contributed by atoms with Gasteiger partial charge < -0.3 is 10.6 Å². The summed E-state index contributed by atoms with van der Waals surface area (Å²) in [5.41, 5.74) is 1.46. The molecule has 1 aliphatic rings. The van der Waals surface area contributed by atoms with Gasteiger partial charge in [-0.2, -0.15) is 0 Å². The van der Waals surface area contributed by atoms with Gasteiger partial charge in [-0.15, -0.1) is 0 Å². The molecule has 0 bridgehead atoms. The minimum absolute atomic E-state index is 0.0530. The monoisotopic (exact) mass is 538 g/mol. The van der Waals surface area contributed by atoms with Gasteiger partial charge in [0.25, 0.3) is 0 Å². The first-order valence-electron chi connectivity index (χ1n) is 13.3. The molecule has 40 heavy (non-hydrogen) atoms. The summed E-state index contributed by atoms with van der Waals surface area (Å²) in [5, 5.41) is 5.97. The number of anilines is 4. The molecule has 204 valence electrons. The second-order valence-electron chi connectivity index (χ2n) is 12.2. The Hall–Kier alpha value is -4.32. The molecule has 0 saturated carbocycles. The number of halogens is 2. The standard InChI is InChI=1S/C34H32F2N2O2/c1-33(2,3)19-11-15-21(16-12-19)37-29-27(35)25-26(32(40)24-10-8-7-9-23(24)31(25)39)28(36)30(29)38-22-17-13-20(14-18-22)34(4,5)6/h7-18,37-38H,1-6H3. The SMILES string of the molecule is CC(C)(C)c1ccc(Nc2c(F)c3c(c(F)c2Nc2ccc(C(C)(C)C)cc2)C(=O)c2ccccc2C3=O)cc1. The molecule has 0 atom stereocenters. The second kappa shape index (κ2) is 9.70. The van der Waals surface area contributed by atoms with Gasteiger partial charge >= 0.3 is 0 Å². The number of carbonyl (C=O) groups is 2. The number of nitrogens with one attached hydrogen (secondary N) is 2. The molecule has 0 heterocycles. The van der Waals surface area contributed by atoms with Crippen LogP contribution < -0.4 is 10.6 Å². The van der Waals surface area contributed by atoms with E-state index in [4.69, 9.17) is 0 Å². The minimum Gasteiger partial charge on any atom is -0.351 e.